The van der Waals surface area contributed by atoms with E-state index in [1.54, 1.807) is 0 Å². The van der Waals surface area contributed by atoms with Crippen LogP contribution in [0, 0.1) is 6.92 Å². The maximum atomic E-state index is 10.8. The predicted octanol–water partition coefficient (Wildman–Crippen LogP) is 5.13. The first-order valence-corrected chi connectivity index (χ1v) is 9.19. The minimum atomic E-state index is -0.981. The standard InChI is InChI=1S/C24H21NO3/c1-17-13-21-22(11-6-12-23(21)28-16-24(26)27)25(17)15-18-7-5-10-20(14-18)19-8-3-2-4-9-19/h2-14H,15-16H2,1H3,(H,26,27). The van der Waals surface area contributed by atoms with Crippen LogP contribution in [0.25, 0.3) is 22.0 Å². The van der Waals surface area contributed by atoms with Crippen LogP contribution in [0.4, 0.5) is 0 Å². The van der Waals surface area contributed by atoms with E-state index in [9.17, 15) is 4.79 Å². The van der Waals surface area contributed by atoms with Crippen molar-refractivity contribution in [3.8, 4) is 16.9 Å². The summed E-state index contributed by atoms with van der Waals surface area (Å²) in [6, 6.07) is 26.7. The van der Waals surface area contributed by atoms with Crippen LogP contribution in [0.15, 0.2) is 78.9 Å². The molecule has 28 heavy (non-hydrogen) atoms. The summed E-state index contributed by atoms with van der Waals surface area (Å²) < 4.78 is 7.69. The molecule has 0 aliphatic rings. The Balaban J connectivity index is 1.68. The summed E-state index contributed by atoms with van der Waals surface area (Å²) in [5.74, 6) is -0.384. The van der Waals surface area contributed by atoms with E-state index < -0.39 is 5.97 Å². The Morgan fingerprint density at radius 1 is 0.929 bits per heavy atom. The molecule has 0 aliphatic carbocycles. The van der Waals surface area contributed by atoms with Gasteiger partial charge in [0.25, 0.3) is 0 Å². The molecule has 0 radical (unpaired) electrons. The summed E-state index contributed by atoms with van der Waals surface area (Å²) in [7, 11) is 0. The summed E-state index contributed by atoms with van der Waals surface area (Å²) in [5.41, 5.74) is 5.73. The van der Waals surface area contributed by atoms with Crippen LogP contribution < -0.4 is 4.74 Å². The molecule has 1 heterocycles. The van der Waals surface area contributed by atoms with Crippen molar-refractivity contribution < 1.29 is 14.6 Å². The quantitative estimate of drug-likeness (QED) is 0.511. The van der Waals surface area contributed by atoms with Crippen LogP contribution in [-0.2, 0) is 11.3 Å². The van der Waals surface area contributed by atoms with E-state index in [0.717, 1.165) is 23.1 Å². The number of carbonyl (C=O) groups is 1. The third kappa shape index (κ3) is 3.62. The molecule has 0 saturated carbocycles. The van der Waals surface area contributed by atoms with Gasteiger partial charge in [-0.25, -0.2) is 4.79 Å². The van der Waals surface area contributed by atoms with Gasteiger partial charge in [0.2, 0.25) is 0 Å². The average Bonchev–Trinajstić information content (AvgIpc) is 3.03. The zero-order valence-electron chi connectivity index (χ0n) is 15.6. The molecule has 4 heteroatoms. The predicted molar refractivity (Wildman–Crippen MR) is 111 cm³/mol. The molecule has 1 N–H and O–H groups in total. The highest BCUT2D eigenvalue weighted by molar-refractivity contribution is 5.88. The topological polar surface area (TPSA) is 51.5 Å². The summed E-state index contributed by atoms with van der Waals surface area (Å²) in [5, 5.41) is 9.82. The number of ether oxygens (including phenoxy) is 1. The average molecular weight is 371 g/mol. The molecule has 4 aromatic rings. The van der Waals surface area contributed by atoms with Crippen molar-refractivity contribution in [1.82, 2.24) is 4.57 Å². The first-order valence-electron chi connectivity index (χ1n) is 9.19. The van der Waals surface area contributed by atoms with Gasteiger partial charge in [0.15, 0.2) is 6.61 Å². The summed E-state index contributed by atoms with van der Waals surface area (Å²) in [4.78, 5) is 10.8. The van der Waals surface area contributed by atoms with Gasteiger partial charge in [-0.15, -0.1) is 0 Å². The molecule has 0 unspecified atom stereocenters. The molecule has 3 aromatic carbocycles. The van der Waals surface area contributed by atoms with Crippen molar-refractivity contribution in [1.29, 1.82) is 0 Å². The van der Waals surface area contributed by atoms with E-state index >= 15 is 0 Å². The van der Waals surface area contributed by atoms with Crippen molar-refractivity contribution in [2.75, 3.05) is 6.61 Å². The van der Waals surface area contributed by atoms with Gasteiger partial charge in [-0.05, 0) is 47.9 Å². The van der Waals surface area contributed by atoms with Gasteiger partial charge in [-0.2, -0.15) is 0 Å². The van der Waals surface area contributed by atoms with Gasteiger partial charge >= 0.3 is 5.97 Å². The highest BCUT2D eigenvalue weighted by Gasteiger charge is 2.12. The second-order valence-electron chi connectivity index (χ2n) is 6.81. The van der Waals surface area contributed by atoms with Gasteiger partial charge in [-0.3, -0.25) is 0 Å². The molecule has 0 bridgehead atoms. The molecule has 140 valence electrons. The van der Waals surface area contributed by atoms with Gasteiger partial charge < -0.3 is 14.4 Å². The minimum Gasteiger partial charge on any atom is -0.481 e. The zero-order chi connectivity index (χ0) is 19.5. The van der Waals surface area contributed by atoms with Crippen LogP contribution in [-0.4, -0.2) is 22.2 Å². The normalized spacial score (nSPS) is 10.9. The fraction of sp³-hybridized carbons (Fsp3) is 0.125. The number of aliphatic carboxylic acids is 1. The largest absolute Gasteiger partial charge is 0.481 e. The second-order valence-corrected chi connectivity index (χ2v) is 6.81. The number of fused-ring (bicyclic) bond motifs is 1. The molecular weight excluding hydrogens is 350 g/mol. The smallest absolute Gasteiger partial charge is 0.341 e. The van der Waals surface area contributed by atoms with Gasteiger partial charge in [-0.1, -0.05) is 54.6 Å². The number of carboxylic acids is 1. The molecule has 0 saturated heterocycles. The van der Waals surface area contributed by atoms with Gasteiger partial charge in [0, 0.05) is 17.6 Å². The molecule has 4 rings (SSSR count). The van der Waals surface area contributed by atoms with Gasteiger partial charge in [0.05, 0.1) is 5.52 Å². The van der Waals surface area contributed by atoms with E-state index in [1.165, 1.54) is 16.7 Å². The summed E-state index contributed by atoms with van der Waals surface area (Å²) >= 11 is 0. The van der Waals surface area contributed by atoms with Crippen molar-refractivity contribution in [2.24, 2.45) is 0 Å². The summed E-state index contributed by atoms with van der Waals surface area (Å²) in [6.45, 7) is 2.45. The Morgan fingerprint density at radius 2 is 1.68 bits per heavy atom. The fourth-order valence-electron chi connectivity index (χ4n) is 3.53. The van der Waals surface area contributed by atoms with E-state index in [2.05, 4.69) is 47.9 Å². The third-order valence-electron chi connectivity index (χ3n) is 4.84. The van der Waals surface area contributed by atoms with Crippen LogP contribution in [0.2, 0.25) is 0 Å². The Bertz CT molecular complexity index is 1130. The van der Waals surface area contributed by atoms with Crippen LogP contribution in [0.1, 0.15) is 11.3 Å². The van der Waals surface area contributed by atoms with E-state index in [0.29, 0.717) is 5.75 Å². The number of benzene rings is 3. The first-order chi connectivity index (χ1) is 13.6. The lowest BCUT2D eigenvalue weighted by atomic mass is 10.0. The number of hydrogen-bond donors (Lipinski definition) is 1. The molecule has 1 aromatic heterocycles. The van der Waals surface area contributed by atoms with Crippen molar-refractivity contribution >= 4 is 16.9 Å². The minimum absolute atomic E-state index is 0.345. The molecular formula is C24H21NO3. The van der Waals surface area contributed by atoms with E-state index in [-0.39, 0.29) is 6.61 Å². The van der Waals surface area contributed by atoms with Crippen molar-refractivity contribution in [3.05, 3.63) is 90.1 Å². The van der Waals surface area contributed by atoms with E-state index in [1.807, 2.05) is 42.5 Å². The van der Waals surface area contributed by atoms with Crippen LogP contribution in [0.3, 0.4) is 0 Å². The highest BCUT2D eigenvalue weighted by Crippen LogP contribution is 2.30. The lowest BCUT2D eigenvalue weighted by Crippen LogP contribution is -2.09. The number of carboxylic acid groups (broad SMARTS) is 1. The zero-order valence-corrected chi connectivity index (χ0v) is 15.6. The third-order valence-corrected chi connectivity index (χ3v) is 4.84. The number of hydrogen-bond acceptors (Lipinski definition) is 2. The molecule has 0 amide bonds. The van der Waals surface area contributed by atoms with Crippen molar-refractivity contribution in [2.45, 2.75) is 13.5 Å². The van der Waals surface area contributed by atoms with Crippen LogP contribution >= 0.6 is 0 Å². The van der Waals surface area contributed by atoms with E-state index in [4.69, 9.17) is 9.84 Å². The maximum absolute atomic E-state index is 10.8. The van der Waals surface area contributed by atoms with Gasteiger partial charge in [0.1, 0.15) is 5.75 Å². The lowest BCUT2D eigenvalue weighted by molar-refractivity contribution is -0.139. The Morgan fingerprint density at radius 3 is 2.46 bits per heavy atom. The molecule has 4 nitrogen and oxygen atoms in total. The molecule has 0 spiro atoms. The molecule has 0 atom stereocenters. The number of rotatable bonds is 6. The SMILES string of the molecule is Cc1cc2c(OCC(=O)O)cccc2n1Cc1cccc(-c2ccccc2)c1. The Kier molecular flexibility index (Phi) is 4.85. The second kappa shape index (κ2) is 7.61. The number of aromatic nitrogens is 1. The Labute approximate surface area is 163 Å². The number of nitrogens with zero attached hydrogens (tertiary/aromatic N) is 1. The fourth-order valence-corrected chi connectivity index (χ4v) is 3.53. The Hall–Kier alpha value is -3.53. The highest BCUT2D eigenvalue weighted by atomic mass is 16.5. The van der Waals surface area contributed by atoms with Crippen molar-refractivity contribution in [3.63, 3.8) is 0 Å². The first kappa shape index (κ1) is 17.9. The maximum Gasteiger partial charge on any atom is 0.341 e. The molecule has 0 fully saturated rings. The summed E-state index contributed by atoms with van der Waals surface area (Å²) in [6.07, 6.45) is 0. The monoisotopic (exact) mass is 371 g/mol. The molecule has 0 aliphatic heterocycles. The lowest BCUT2D eigenvalue weighted by Gasteiger charge is -2.11. The van der Waals surface area contributed by atoms with Crippen LogP contribution in [0.5, 0.6) is 5.75 Å². The number of aryl methyl sites for hydroxylation is 1.